The van der Waals surface area contributed by atoms with Crippen LogP contribution in [0.1, 0.15) is 44.2 Å². The number of ether oxygens (including phenoxy) is 4. The number of methoxy groups -OCH3 is 1. The van der Waals surface area contributed by atoms with Crippen molar-refractivity contribution in [2.24, 2.45) is 0 Å². The highest BCUT2D eigenvalue weighted by molar-refractivity contribution is 5.88. The lowest BCUT2D eigenvalue weighted by molar-refractivity contribution is -0.173. The fourth-order valence-corrected chi connectivity index (χ4v) is 6.70. The van der Waals surface area contributed by atoms with E-state index in [1.54, 1.807) is 6.08 Å². The molecule has 4 aliphatic rings. The van der Waals surface area contributed by atoms with Crippen molar-refractivity contribution in [1.82, 2.24) is 10.2 Å². The number of likely N-dealkylation sites (N-methyl/N-ethyl adjacent to an activating group) is 1. The van der Waals surface area contributed by atoms with E-state index in [4.69, 9.17) is 24.1 Å². The van der Waals surface area contributed by atoms with Crippen LogP contribution in [0.15, 0.2) is 24.0 Å². The topological polar surface area (TPSA) is 181 Å². The van der Waals surface area contributed by atoms with Crippen molar-refractivity contribution in [3.63, 3.8) is 0 Å². The van der Waals surface area contributed by atoms with E-state index in [9.17, 15) is 29.4 Å². The number of hydrogen-bond donors (Lipinski definition) is 4. The molecule has 2 bridgehead atoms. The zero-order valence-electron chi connectivity index (χ0n) is 23.2. The predicted molar refractivity (Wildman–Crippen MR) is 139 cm³/mol. The summed E-state index contributed by atoms with van der Waals surface area (Å²) in [5, 5.41) is 33.7. The molecule has 1 spiro atoms. The van der Waals surface area contributed by atoms with Crippen molar-refractivity contribution in [2.45, 2.75) is 80.9 Å². The van der Waals surface area contributed by atoms with Gasteiger partial charge in [0.25, 0.3) is 5.91 Å². The number of rotatable bonds is 9. The van der Waals surface area contributed by atoms with Crippen LogP contribution in [0.2, 0.25) is 0 Å². The molecule has 0 radical (unpaired) electrons. The van der Waals surface area contributed by atoms with Crippen LogP contribution in [0.25, 0.3) is 0 Å². The molecule has 4 N–H and O–H groups in total. The standard InChI is InChI=1S/C28H34N2O11/c1-13(25(34)35)29-24(33)14(2)39-20(32)12-16(31)26(36)40-18-7-8-28(37)19-11-15-5-6-17(38-4)22-21(15)27(28,23(18)41-22)9-10-30(19)3/h5-7,13-14,16,19,23,31,37H,8-12H2,1-4H3,(H,29,33)(H,34,35)/t13-,14-,16-,19+,23-,27-,28+/m0/s1. The number of hydrogen-bond acceptors (Lipinski definition) is 11. The van der Waals surface area contributed by atoms with Gasteiger partial charge in [0.05, 0.1) is 24.5 Å². The normalized spacial score (nSPS) is 29.6. The van der Waals surface area contributed by atoms with Crippen LogP contribution < -0.4 is 14.8 Å². The number of benzene rings is 1. The first kappa shape index (κ1) is 28.8. The van der Waals surface area contributed by atoms with Crippen LogP contribution >= 0.6 is 0 Å². The molecular formula is C28H34N2O11. The summed E-state index contributed by atoms with van der Waals surface area (Å²) in [6, 6.07) is 2.39. The fourth-order valence-electron chi connectivity index (χ4n) is 6.70. The maximum absolute atomic E-state index is 12.9. The van der Waals surface area contributed by atoms with Crippen molar-refractivity contribution in [2.75, 3.05) is 20.7 Å². The van der Waals surface area contributed by atoms with Crippen LogP contribution in [0.4, 0.5) is 0 Å². The molecule has 2 aliphatic heterocycles. The van der Waals surface area contributed by atoms with E-state index in [0.29, 0.717) is 30.9 Å². The Morgan fingerprint density at radius 3 is 2.66 bits per heavy atom. The third-order valence-corrected chi connectivity index (χ3v) is 8.82. The molecule has 13 nitrogen and oxygen atoms in total. The van der Waals surface area contributed by atoms with Crippen LogP contribution in [0.3, 0.4) is 0 Å². The second-order valence-electron chi connectivity index (χ2n) is 11.1. The minimum absolute atomic E-state index is 0.122. The Morgan fingerprint density at radius 1 is 1.24 bits per heavy atom. The lowest BCUT2D eigenvalue weighted by atomic mass is 9.50. The Balaban J connectivity index is 1.32. The van der Waals surface area contributed by atoms with Crippen molar-refractivity contribution in [3.8, 4) is 11.5 Å². The largest absolute Gasteiger partial charge is 0.493 e. The summed E-state index contributed by atoms with van der Waals surface area (Å²) in [6.07, 6.45) is -2.03. The molecule has 2 heterocycles. The SMILES string of the molecule is COc1ccc2c3c1O[C@H]1C(OC(=O)[C@@H](O)CC(=O)O[C@@H](C)C(=O)N[C@@H](C)C(=O)O)=CC[C@@]4(O)[C@@H](C2)N(C)CC[C@]314. The first-order valence-corrected chi connectivity index (χ1v) is 13.5. The zero-order valence-corrected chi connectivity index (χ0v) is 23.2. The molecule has 0 aromatic heterocycles. The summed E-state index contributed by atoms with van der Waals surface area (Å²) in [5.41, 5.74) is -0.242. The highest BCUT2D eigenvalue weighted by atomic mass is 16.6. The quantitative estimate of drug-likeness (QED) is 0.285. The maximum Gasteiger partial charge on any atom is 0.340 e. The van der Waals surface area contributed by atoms with Crippen molar-refractivity contribution in [1.29, 1.82) is 0 Å². The number of aliphatic hydroxyl groups excluding tert-OH is 1. The van der Waals surface area contributed by atoms with Gasteiger partial charge in [-0.15, -0.1) is 0 Å². The number of amides is 1. The summed E-state index contributed by atoms with van der Waals surface area (Å²) < 4.78 is 22.5. The number of nitrogens with zero attached hydrogens (tertiary/aromatic N) is 1. The van der Waals surface area contributed by atoms with Crippen LogP contribution in [0.5, 0.6) is 11.5 Å². The molecule has 13 heteroatoms. The smallest absolute Gasteiger partial charge is 0.340 e. The van der Waals surface area contributed by atoms with Crippen LogP contribution in [0, 0.1) is 0 Å². The molecule has 0 unspecified atom stereocenters. The molecule has 1 fully saturated rings. The number of aliphatic hydroxyl groups is 2. The van der Waals surface area contributed by atoms with E-state index < -0.39 is 65.6 Å². The van der Waals surface area contributed by atoms with Gasteiger partial charge in [0, 0.05) is 18.0 Å². The molecule has 1 saturated heterocycles. The zero-order chi connectivity index (χ0) is 29.9. The molecule has 1 aromatic rings. The minimum Gasteiger partial charge on any atom is -0.493 e. The van der Waals surface area contributed by atoms with Gasteiger partial charge in [-0.3, -0.25) is 14.4 Å². The highest BCUT2D eigenvalue weighted by Crippen LogP contribution is 2.65. The third-order valence-electron chi connectivity index (χ3n) is 8.82. The van der Waals surface area contributed by atoms with E-state index in [-0.39, 0.29) is 18.2 Å². The van der Waals surface area contributed by atoms with E-state index in [2.05, 4.69) is 10.2 Å². The fraction of sp³-hybridized carbons (Fsp3) is 0.571. The molecule has 1 amide bonds. The molecular weight excluding hydrogens is 540 g/mol. The Hall–Kier alpha value is -3.68. The molecule has 1 aromatic carbocycles. The molecule has 5 rings (SSSR count). The number of aliphatic carboxylic acids is 1. The predicted octanol–water partition coefficient (Wildman–Crippen LogP) is -0.212. The molecule has 2 aliphatic carbocycles. The van der Waals surface area contributed by atoms with Gasteiger partial charge in [0.15, 0.2) is 29.8 Å². The van der Waals surface area contributed by atoms with Crippen molar-refractivity contribution in [3.05, 3.63) is 35.1 Å². The van der Waals surface area contributed by atoms with E-state index in [1.165, 1.54) is 21.0 Å². The molecule has 7 atom stereocenters. The number of carboxylic acid groups (broad SMARTS) is 1. The number of carbonyl (C=O) groups is 4. The molecule has 41 heavy (non-hydrogen) atoms. The van der Waals surface area contributed by atoms with Gasteiger partial charge in [-0.05, 0) is 58.0 Å². The van der Waals surface area contributed by atoms with Crippen molar-refractivity contribution < 1.29 is 53.4 Å². The Morgan fingerprint density at radius 2 is 1.98 bits per heavy atom. The van der Waals surface area contributed by atoms with Gasteiger partial charge in [0.2, 0.25) is 0 Å². The van der Waals surface area contributed by atoms with Gasteiger partial charge in [0.1, 0.15) is 11.8 Å². The number of carbonyl (C=O) groups excluding carboxylic acids is 3. The summed E-state index contributed by atoms with van der Waals surface area (Å²) in [5.74, 6) is -3.18. The first-order valence-electron chi connectivity index (χ1n) is 13.5. The van der Waals surface area contributed by atoms with E-state index in [0.717, 1.165) is 11.1 Å². The highest BCUT2D eigenvalue weighted by Gasteiger charge is 2.72. The van der Waals surface area contributed by atoms with Crippen molar-refractivity contribution >= 4 is 23.8 Å². The van der Waals surface area contributed by atoms with E-state index in [1.807, 2.05) is 19.2 Å². The number of esters is 2. The average molecular weight is 575 g/mol. The van der Waals surface area contributed by atoms with E-state index >= 15 is 0 Å². The van der Waals surface area contributed by atoms with Gasteiger partial charge in [-0.2, -0.15) is 0 Å². The first-order chi connectivity index (χ1) is 19.3. The average Bonchev–Trinajstić information content (AvgIpc) is 3.27. The van der Waals surface area contributed by atoms with Crippen LogP contribution in [-0.4, -0.2) is 101 Å². The van der Waals surface area contributed by atoms with Gasteiger partial charge in [-0.25, -0.2) is 4.79 Å². The minimum atomic E-state index is -1.92. The second-order valence-corrected chi connectivity index (χ2v) is 11.1. The second kappa shape index (κ2) is 10.3. The number of nitrogens with one attached hydrogen (secondary N) is 1. The number of piperidine rings is 1. The summed E-state index contributed by atoms with van der Waals surface area (Å²) in [4.78, 5) is 50.3. The Labute approximate surface area is 236 Å². The van der Waals surface area contributed by atoms with Crippen LogP contribution in [-0.2, 0) is 40.5 Å². The van der Waals surface area contributed by atoms with Gasteiger partial charge < -0.3 is 44.5 Å². The Bertz CT molecular complexity index is 1330. The number of likely N-dealkylation sites (tertiary alicyclic amines) is 1. The summed E-state index contributed by atoms with van der Waals surface area (Å²) >= 11 is 0. The lowest BCUT2D eigenvalue weighted by Crippen LogP contribution is -2.74. The Kier molecular flexibility index (Phi) is 7.24. The summed E-state index contributed by atoms with van der Waals surface area (Å²) in [7, 11) is 3.50. The summed E-state index contributed by atoms with van der Waals surface area (Å²) in [6.45, 7) is 3.16. The third kappa shape index (κ3) is 4.43. The molecule has 0 saturated carbocycles. The number of carboxylic acids is 1. The maximum atomic E-state index is 12.9. The monoisotopic (exact) mass is 574 g/mol. The molecule has 222 valence electrons. The van der Waals surface area contributed by atoms with Gasteiger partial charge in [-0.1, -0.05) is 6.07 Å². The lowest BCUT2D eigenvalue weighted by Gasteiger charge is -2.61. The van der Waals surface area contributed by atoms with Gasteiger partial charge >= 0.3 is 17.9 Å².